The number of nitrogens with zero attached hydrogens (tertiary/aromatic N) is 4. The van der Waals surface area contributed by atoms with Gasteiger partial charge in [-0.3, -0.25) is 4.72 Å². The molecule has 0 saturated carbocycles. The van der Waals surface area contributed by atoms with Crippen molar-refractivity contribution in [1.29, 1.82) is 0 Å². The van der Waals surface area contributed by atoms with E-state index in [0.717, 1.165) is 17.5 Å². The maximum atomic E-state index is 11.1. The Morgan fingerprint density at radius 3 is 2.71 bits per heavy atom. The van der Waals surface area contributed by atoms with Crippen LogP contribution in [-0.2, 0) is 10.0 Å². The van der Waals surface area contributed by atoms with Gasteiger partial charge in [-0.1, -0.05) is 6.07 Å². The number of anilines is 1. The maximum Gasteiger partial charge on any atom is 0.229 e. The molecule has 2 aromatic rings. The molecule has 0 aliphatic carbocycles. The topological polar surface area (TPSA) is 89.8 Å². The summed E-state index contributed by atoms with van der Waals surface area (Å²) in [5, 5.41) is 10.8. The molecular weight excluding hydrogens is 242 g/mol. The van der Waals surface area contributed by atoms with Crippen LogP contribution in [0.3, 0.4) is 0 Å². The molecule has 8 heteroatoms. The lowest BCUT2D eigenvalue weighted by molar-refractivity contribution is 0.607. The van der Waals surface area contributed by atoms with E-state index in [1.54, 1.807) is 18.2 Å². The van der Waals surface area contributed by atoms with Crippen LogP contribution in [0.25, 0.3) is 5.69 Å². The SMILES string of the molecule is Cc1ccc(NS(C)(=O)=O)cc1-n1cnnn1. The third kappa shape index (κ3) is 2.78. The summed E-state index contributed by atoms with van der Waals surface area (Å²) in [6.45, 7) is 1.89. The molecule has 0 saturated heterocycles. The normalized spacial score (nSPS) is 11.4. The molecule has 1 aromatic carbocycles. The summed E-state index contributed by atoms with van der Waals surface area (Å²) in [5.41, 5.74) is 2.14. The molecule has 0 aliphatic rings. The third-order valence-corrected chi connectivity index (χ3v) is 2.71. The Labute approximate surface area is 98.5 Å². The number of hydrogen-bond donors (Lipinski definition) is 1. The molecule has 0 spiro atoms. The molecule has 0 radical (unpaired) electrons. The Morgan fingerprint density at radius 2 is 2.12 bits per heavy atom. The van der Waals surface area contributed by atoms with Gasteiger partial charge in [0.05, 0.1) is 17.6 Å². The van der Waals surface area contributed by atoms with Crippen molar-refractivity contribution < 1.29 is 8.42 Å². The number of rotatable bonds is 3. The highest BCUT2D eigenvalue weighted by atomic mass is 32.2. The van der Waals surface area contributed by atoms with Gasteiger partial charge in [-0.15, -0.1) is 5.10 Å². The smallest absolute Gasteiger partial charge is 0.229 e. The zero-order valence-corrected chi connectivity index (χ0v) is 10.1. The van der Waals surface area contributed by atoms with E-state index in [1.165, 1.54) is 11.0 Å². The molecule has 0 fully saturated rings. The number of aromatic nitrogens is 4. The molecule has 1 N–H and O–H groups in total. The van der Waals surface area contributed by atoms with Gasteiger partial charge in [-0.05, 0) is 35.0 Å². The molecule has 0 unspecified atom stereocenters. The second-order valence-electron chi connectivity index (χ2n) is 3.63. The van der Waals surface area contributed by atoms with Gasteiger partial charge in [0.1, 0.15) is 6.33 Å². The first-order valence-corrected chi connectivity index (χ1v) is 6.67. The van der Waals surface area contributed by atoms with Gasteiger partial charge in [0, 0.05) is 0 Å². The van der Waals surface area contributed by atoms with Crippen molar-refractivity contribution in [3.63, 3.8) is 0 Å². The van der Waals surface area contributed by atoms with Crippen LogP contribution in [0.4, 0.5) is 5.69 Å². The standard InChI is InChI=1S/C9H11N5O2S/c1-7-3-4-8(11-17(2,15)16)5-9(7)14-6-10-12-13-14/h3-6,11H,1-2H3. The van der Waals surface area contributed by atoms with Crippen LogP contribution in [0.5, 0.6) is 0 Å². The second kappa shape index (κ2) is 4.13. The van der Waals surface area contributed by atoms with Crippen LogP contribution < -0.4 is 4.72 Å². The van der Waals surface area contributed by atoms with E-state index < -0.39 is 10.0 Å². The second-order valence-corrected chi connectivity index (χ2v) is 5.38. The number of aryl methyl sites for hydroxylation is 1. The molecule has 1 heterocycles. The van der Waals surface area contributed by atoms with Gasteiger partial charge in [0.2, 0.25) is 10.0 Å². The van der Waals surface area contributed by atoms with Gasteiger partial charge in [-0.25, -0.2) is 13.1 Å². The number of sulfonamides is 1. The van der Waals surface area contributed by atoms with E-state index in [1.807, 2.05) is 6.92 Å². The van der Waals surface area contributed by atoms with Gasteiger partial charge >= 0.3 is 0 Å². The van der Waals surface area contributed by atoms with Crippen molar-refractivity contribution >= 4 is 15.7 Å². The van der Waals surface area contributed by atoms with Crippen molar-refractivity contribution in [2.75, 3.05) is 11.0 Å². The van der Waals surface area contributed by atoms with Crippen LogP contribution in [0, 0.1) is 6.92 Å². The fourth-order valence-corrected chi connectivity index (χ4v) is 1.96. The molecule has 2 rings (SSSR count). The molecule has 0 aliphatic heterocycles. The van der Waals surface area contributed by atoms with Gasteiger partial charge < -0.3 is 0 Å². The molecule has 0 bridgehead atoms. The van der Waals surface area contributed by atoms with E-state index in [0.29, 0.717) is 5.69 Å². The van der Waals surface area contributed by atoms with Crippen LogP contribution >= 0.6 is 0 Å². The minimum Gasteiger partial charge on any atom is -0.284 e. The van der Waals surface area contributed by atoms with Crippen LogP contribution in [0.2, 0.25) is 0 Å². The largest absolute Gasteiger partial charge is 0.284 e. The average Bonchev–Trinajstić information content (AvgIpc) is 2.72. The van der Waals surface area contributed by atoms with Gasteiger partial charge in [-0.2, -0.15) is 0 Å². The zero-order valence-electron chi connectivity index (χ0n) is 9.32. The Bertz CT molecular complexity index is 621. The van der Waals surface area contributed by atoms with Gasteiger partial charge in [0.15, 0.2) is 0 Å². The minimum atomic E-state index is -3.29. The summed E-state index contributed by atoms with van der Waals surface area (Å²) in [6, 6.07) is 5.15. The minimum absolute atomic E-state index is 0.476. The Morgan fingerprint density at radius 1 is 1.35 bits per heavy atom. The lowest BCUT2D eigenvalue weighted by Crippen LogP contribution is -2.10. The predicted octanol–water partition coefficient (Wildman–Crippen LogP) is 0.342. The molecule has 0 amide bonds. The number of hydrogen-bond acceptors (Lipinski definition) is 5. The Hall–Kier alpha value is -1.96. The summed E-state index contributed by atoms with van der Waals surface area (Å²) < 4.78 is 26.1. The summed E-state index contributed by atoms with van der Waals surface area (Å²) >= 11 is 0. The lowest BCUT2D eigenvalue weighted by Gasteiger charge is -2.08. The van der Waals surface area contributed by atoms with E-state index in [4.69, 9.17) is 0 Å². The maximum absolute atomic E-state index is 11.1. The predicted molar refractivity (Wildman–Crippen MR) is 62.4 cm³/mol. The molecule has 0 atom stereocenters. The first-order chi connectivity index (χ1) is 7.96. The molecule has 7 nitrogen and oxygen atoms in total. The highest BCUT2D eigenvalue weighted by Crippen LogP contribution is 2.18. The van der Waals surface area contributed by atoms with Crippen LogP contribution in [-0.4, -0.2) is 34.9 Å². The van der Waals surface area contributed by atoms with E-state index in [2.05, 4.69) is 20.2 Å². The quantitative estimate of drug-likeness (QED) is 0.852. The number of nitrogens with one attached hydrogen (secondary N) is 1. The Kier molecular flexibility index (Phi) is 2.80. The van der Waals surface area contributed by atoms with Crippen LogP contribution in [0.1, 0.15) is 5.56 Å². The first-order valence-electron chi connectivity index (χ1n) is 4.77. The molecule has 17 heavy (non-hydrogen) atoms. The van der Waals surface area contributed by atoms with Crippen LogP contribution in [0.15, 0.2) is 24.5 Å². The van der Waals surface area contributed by atoms with Crippen molar-refractivity contribution in [2.45, 2.75) is 6.92 Å². The fourth-order valence-electron chi connectivity index (χ4n) is 1.41. The summed E-state index contributed by atoms with van der Waals surface area (Å²) in [7, 11) is -3.29. The monoisotopic (exact) mass is 253 g/mol. The third-order valence-electron chi connectivity index (χ3n) is 2.11. The number of benzene rings is 1. The van der Waals surface area contributed by atoms with E-state index >= 15 is 0 Å². The van der Waals surface area contributed by atoms with Crippen molar-refractivity contribution in [2.24, 2.45) is 0 Å². The highest BCUT2D eigenvalue weighted by Gasteiger charge is 2.07. The molecular formula is C9H11N5O2S. The average molecular weight is 253 g/mol. The first kappa shape index (κ1) is 11.5. The summed E-state index contributed by atoms with van der Waals surface area (Å²) in [5.74, 6) is 0. The summed E-state index contributed by atoms with van der Waals surface area (Å²) in [6.07, 6.45) is 2.55. The highest BCUT2D eigenvalue weighted by molar-refractivity contribution is 7.92. The van der Waals surface area contributed by atoms with Crippen molar-refractivity contribution in [3.05, 3.63) is 30.1 Å². The van der Waals surface area contributed by atoms with E-state index in [9.17, 15) is 8.42 Å². The molecule has 1 aromatic heterocycles. The van der Waals surface area contributed by atoms with Crippen molar-refractivity contribution in [3.8, 4) is 5.69 Å². The Balaban J connectivity index is 2.44. The lowest BCUT2D eigenvalue weighted by atomic mass is 10.2. The van der Waals surface area contributed by atoms with E-state index in [-0.39, 0.29) is 0 Å². The zero-order chi connectivity index (χ0) is 12.5. The molecule has 90 valence electrons. The fraction of sp³-hybridized carbons (Fsp3) is 0.222. The number of tetrazole rings is 1. The van der Waals surface area contributed by atoms with Gasteiger partial charge in [0.25, 0.3) is 0 Å². The summed E-state index contributed by atoms with van der Waals surface area (Å²) in [4.78, 5) is 0. The van der Waals surface area contributed by atoms with Crippen molar-refractivity contribution in [1.82, 2.24) is 20.2 Å².